The average Bonchev–Trinajstić information content (AvgIpc) is 3.29. The van der Waals surface area contributed by atoms with Crippen molar-refractivity contribution >= 4 is 69.2 Å². The van der Waals surface area contributed by atoms with Gasteiger partial charge < -0.3 is 36.3 Å². The predicted molar refractivity (Wildman–Crippen MR) is 266 cm³/mol. The van der Waals surface area contributed by atoms with Gasteiger partial charge in [-0.1, -0.05) is 222 Å². The molecular formula is C56H52Cl2N2P2Ru. The van der Waals surface area contributed by atoms with Crippen molar-refractivity contribution in [3.05, 3.63) is 228 Å². The van der Waals surface area contributed by atoms with E-state index in [2.05, 4.69) is 198 Å². The molecule has 0 saturated carbocycles. The summed E-state index contributed by atoms with van der Waals surface area (Å²) in [6.07, 6.45) is 0. The molecule has 1 atom stereocenters. The van der Waals surface area contributed by atoms with Gasteiger partial charge in [-0.25, -0.2) is 0 Å². The third-order valence-electron chi connectivity index (χ3n) is 11.2. The van der Waals surface area contributed by atoms with E-state index in [-0.39, 0.29) is 50.3 Å². The standard InChI is InChI=1S/C48H40P2.C8H12N2.2ClH.Ru/c1-33-13-23-39(24-14-33)49(40-25-15-34(2)16-26-40)45-31-21-37-9-5-7-11-43(37)47(45)48-44-12-8-6-10-38(44)22-32-46(48)50(41-27-17-35(3)18-28-41)42-29-19-36(4)20-30-42;9-6-8(10)7-4-2-1-3-5-7;;;/h5-32H,1-4H3;1-5,8H,6,9-10H2;2*1H;/q;;;;+2/p-2/t;8-;;;/m.0.../s1. The maximum atomic E-state index is 5.67. The van der Waals surface area contributed by atoms with Gasteiger partial charge in [0.2, 0.25) is 0 Å². The minimum Gasteiger partial charge on any atom is -1.00 e. The fourth-order valence-electron chi connectivity index (χ4n) is 7.88. The van der Waals surface area contributed by atoms with E-state index in [9.17, 15) is 0 Å². The van der Waals surface area contributed by atoms with Crippen LogP contribution in [0.1, 0.15) is 33.9 Å². The minimum absolute atomic E-state index is 0. The van der Waals surface area contributed by atoms with E-state index in [1.807, 2.05) is 30.3 Å². The summed E-state index contributed by atoms with van der Waals surface area (Å²) in [5.41, 5.74) is 20.0. The number of benzene rings is 9. The van der Waals surface area contributed by atoms with Gasteiger partial charge in [0, 0.05) is 12.6 Å². The molecule has 9 rings (SSSR count). The summed E-state index contributed by atoms with van der Waals surface area (Å²) >= 11 is 0. The first-order valence-corrected chi connectivity index (χ1v) is 23.4. The molecule has 0 fully saturated rings. The summed E-state index contributed by atoms with van der Waals surface area (Å²) < 4.78 is 0. The van der Waals surface area contributed by atoms with Crippen LogP contribution in [0.3, 0.4) is 0 Å². The summed E-state index contributed by atoms with van der Waals surface area (Å²) in [5.74, 6) is 0. The van der Waals surface area contributed by atoms with Gasteiger partial charge in [0.25, 0.3) is 0 Å². The van der Waals surface area contributed by atoms with Crippen LogP contribution in [0.4, 0.5) is 0 Å². The number of hydrogen-bond donors (Lipinski definition) is 2. The smallest absolute Gasteiger partial charge is 1.00 e. The molecule has 0 amide bonds. The maximum Gasteiger partial charge on any atom is 2.00 e. The zero-order chi connectivity index (χ0) is 41.6. The molecule has 318 valence electrons. The minimum atomic E-state index is -0.885. The van der Waals surface area contributed by atoms with Crippen LogP contribution in [-0.2, 0) is 19.5 Å². The van der Waals surface area contributed by atoms with E-state index in [0.717, 1.165) is 5.56 Å². The third kappa shape index (κ3) is 11.2. The van der Waals surface area contributed by atoms with Crippen LogP contribution in [0, 0.1) is 27.7 Å². The van der Waals surface area contributed by atoms with Gasteiger partial charge in [-0.15, -0.1) is 0 Å². The summed E-state index contributed by atoms with van der Waals surface area (Å²) in [6.45, 7) is 9.23. The molecule has 0 aliphatic heterocycles. The number of rotatable bonds is 9. The second-order valence-electron chi connectivity index (χ2n) is 15.6. The summed E-state index contributed by atoms with van der Waals surface area (Å²) in [5, 5.41) is 13.4. The number of aryl methyl sites for hydroxylation is 4. The molecule has 0 aromatic heterocycles. The molecule has 7 heteroatoms. The van der Waals surface area contributed by atoms with Crippen LogP contribution in [0.2, 0.25) is 0 Å². The molecule has 9 aromatic rings. The fourth-order valence-corrected chi connectivity index (χ4v) is 12.7. The number of halogens is 2. The van der Waals surface area contributed by atoms with Gasteiger partial charge in [0.1, 0.15) is 0 Å². The molecule has 9 aromatic carbocycles. The largest absolute Gasteiger partial charge is 2.00 e. The van der Waals surface area contributed by atoms with Crippen molar-refractivity contribution in [2.45, 2.75) is 33.7 Å². The van der Waals surface area contributed by atoms with Crippen molar-refractivity contribution in [1.82, 2.24) is 0 Å². The Balaban J connectivity index is 0.000000511. The molecular weight excluding hydrogens is 935 g/mol. The van der Waals surface area contributed by atoms with Gasteiger partial charge in [0.05, 0.1) is 0 Å². The summed E-state index contributed by atoms with van der Waals surface area (Å²) in [6, 6.07) is 74.5. The van der Waals surface area contributed by atoms with E-state index in [1.165, 1.54) is 86.8 Å². The van der Waals surface area contributed by atoms with Crippen molar-refractivity contribution in [2.24, 2.45) is 11.5 Å². The topological polar surface area (TPSA) is 52.0 Å². The summed E-state index contributed by atoms with van der Waals surface area (Å²) in [4.78, 5) is 0. The first-order chi connectivity index (χ1) is 29.3. The Hall–Kier alpha value is -4.52. The number of nitrogens with two attached hydrogens (primary N) is 2. The third-order valence-corrected chi connectivity index (χ3v) is 16.2. The molecule has 0 aliphatic carbocycles. The van der Waals surface area contributed by atoms with Gasteiger partial charge in [-0.3, -0.25) is 0 Å². The second-order valence-corrected chi connectivity index (χ2v) is 20.0. The van der Waals surface area contributed by atoms with Gasteiger partial charge in [-0.2, -0.15) is 0 Å². The van der Waals surface area contributed by atoms with E-state index in [1.54, 1.807) is 0 Å². The zero-order valence-electron chi connectivity index (χ0n) is 36.0. The first-order valence-electron chi connectivity index (χ1n) is 20.7. The Morgan fingerprint density at radius 3 is 1.00 bits per heavy atom. The van der Waals surface area contributed by atoms with Crippen LogP contribution in [0.5, 0.6) is 0 Å². The van der Waals surface area contributed by atoms with E-state index >= 15 is 0 Å². The Kier molecular flexibility index (Phi) is 18.0. The quantitative estimate of drug-likeness (QED) is 0.157. The van der Waals surface area contributed by atoms with Crippen molar-refractivity contribution in [2.75, 3.05) is 6.54 Å². The predicted octanol–water partition coefficient (Wildman–Crippen LogP) is 5.06. The molecule has 63 heavy (non-hydrogen) atoms. The van der Waals surface area contributed by atoms with Gasteiger partial charge >= 0.3 is 19.5 Å². The molecule has 0 bridgehead atoms. The molecule has 0 aliphatic rings. The molecule has 2 nitrogen and oxygen atoms in total. The monoisotopic (exact) mass is 986 g/mol. The van der Waals surface area contributed by atoms with E-state index < -0.39 is 15.8 Å². The molecule has 0 spiro atoms. The Morgan fingerprint density at radius 2 is 0.683 bits per heavy atom. The second kappa shape index (κ2) is 22.9. The van der Waals surface area contributed by atoms with Crippen molar-refractivity contribution in [1.29, 1.82) is 0 Å². The Morgan fingerprint density at radius 1 is 0.381 bits per heavy atom. The fraction of sp³-hybridized carbons (Fsp3) is 0.107. The Labute approximate surface area is 401 Å². The molecule has 4 N–H and O–H groups in total. The summed E-state index contributed by atoms with van der Waals surface area (Å²) in [7, 11) is -1.77. The number of hydrogen-bond acceptors (Lipinski definition) is 2. The van der Waals surface area contributed by atoms with Crippen LogP contribution in [0.25, 0.3) is 32.7 Å². The van der Waals surface area contributed by atoms with Crippen molar-refractivity contribution in [3.63, 3.8) is 0 Å². The van der Waals surface area contributed by atoms with Crippen LogP contribution >= 0.6 is 15.8 Å². The normalized spacial score (nSPS) is 11.2. The van der Waals surface area contributed by atoms with Crippen LogP contribution in [0.15, 0.2) is 200 Å². The molecule has 0 heterocycles. The molecule has 0 unspecified atom stereocenters. The molecule has 0 radical (unpaired) electrons. The SMILES string of the molecule is Cc1ccc(P(c2ccc(C)cc2)c2ccc3ccccc3c2-c2c(P(c3ccc(C)cc3)c3ccc(C)cc3)ccc3ccccc23)cc1.NC[C@H](N)c1ccccc1.[Cl-].[Cl-].[Ru+2]. The van der Waals surface area contributed by atoms with E-state index in [0.29, 0.717) is 6.54 Å². The van der Waals surface area contributed by atoms with Crippen LogP contribution < -0.4 is 68.1 Å². The van der Waals surface area contributed by atoms with Crippen LogP contribution in [-0.4, -0.2) is 6.54 Å². The first kappa shape index (κ1) is 49.5. The van der Waals surface area contributed by atoms with E-state index in [4.69, 9.17) is 11.5 Å². The number of fused-ring (bicyclic) bond motifs is 2. The average molecular weight is 987 g/mol. The Bertz CT molecular complexity index is 2590. The van der Waals surface area contributed by atoms with Crippen molar-refractivity contribution in [3.8, 4) is 11.1 Å². The zero-order valence-corrected chi connectivity index (χ0v) is 41.0. The maximum absolute atomic E-state index is 5.67. The molecule has 0 saturated heterocycles. The van der Waals surface area contributed by atoms with Gasteiger partial charge in [0.15, 0.2) is 0 Å². The van der Waals surface area contributed by atoms with Gasteiger partial charge in [-0.05, 0) is 114 Å². The van der Waals surface area contributed by atoms with Crippen molar-refractivity contribution < 1.29 is 44.3 Å².